The van der Waals surface area contributed by atoms with Gasteiger partial charge in [0.15, 0.2) is 0 Å². The Morgan fingerprint density at radius 1 is 1.53 bits per heavy atom. The van der Waals surface area contributed by atoms with Gasteiger partial charge in [-0.3, -0.25) is 4.79 Å². The molecule has 1 aromatic rings. The highest BCUT2D eigenvalue weighted by Gasteiger charge is 2.19. The molecule has 0 aliphatic carbocycles. The fourth-order valence-corrected chi connectivity index (χ4v) is 1.97. The molecule has 0 spiro atoms. The molecule has 92 valence electrons. The Kier molecular flexibility index (Phi) is 3.68. The minimum absolute atomic E-state index is 0.190. The van der Waals surface area contributed by atoms with Gasteiger partial charge in [-0.1, -0.05) is 0 Å². The quantitative estimate of drug-likeness (QED) is 0.782. The monoisotopic (exact) mass is 237 g/mol. The van der Waals surface area contributed by atoms with E-state index in [1.807, 2.05) is 0 Å². The molecule has 1 N–H and O–H groups in total. The van der Waals surface area contributed by atoms with Crippen LogP contribution in [0.3, 0.4) is 0 Å². The molecular formula is C12H16FN3O. The zero-order valence-electron chi connectivity index (χ0n) is 9.82. The van der Waals surface area contributed by atoms with E-state index >= 15 is 0 Å². The molecule has 1 fully saturated rings. The molecule has 17 heavy (non-hydrogen) atoms. The molecule has 1 aromatic heterocycles. The third kappa shape index (κ3) is 3.23. The molecular weight excluding hydrogens is 221 g/mol. The van der Waals surface area contributed by atoms with Crippen LogP contribution in [0.1, 0.15) is 23.2 Å². The molecule has 4 nitrogen and oxygen atoms in total. The molecule has 2 rings (SSSR count). The van der Waals surface area contributed by atoms with E-state index in [9.17, 15) is 9.18 Å². The van der Waals surface area contributed by atoms with Gasteiger partial charge in [0.05, 0.1) is 0 Å². The summed E-state index contributed by atoms with van der Waals surface area (Å²) in [5, 5.41) is 2.92. The number of rotatable bonds is 2. The highest BCUT2D eigenvalue weighted by atomic mass is 19.1. The Morgan fingerprint density at radius 3 is 2.88 bits per heavy atom. The SMILES string of the molecule is CN1CCC(NC(=O)c2ccnc(F)c2)CC1. The van der Waals surface area contributed by atoms with Gasteiger partial charge in [-0.25, -0.2) is 4.98 Å². The van der Waals surface area contributed by atoms with Crippen molar-refractivity contribution in [3.05, 3.63) is 29.8 Å². The summed E-state index contributed by atoms with van der Waals surface area (Å²) >= 11 is 0. The zero-order valence-corrected chi connectivity index (χ0v) is 9.82. The number of likely N-dealkylation sites (tertiary alicyclic amines) is 1. The average Bonchev–Trinajstić information content (AvgIpc) is 2.32. The van der Waals surface area contributed by atoms with Gasteiger partial charge in [0.1, 0.15) is 0 Å². The Morgan fingerprint density at radius 2 is 2.24 bits per heavy atom. The van der Waals surface area contributed by atoms with Crippen LogP contribution < -0.4 is 5.32 Å². The highest BCUT2D eigenvalue weighted by molar-refractivity contribution is 5.94. The lowest BCUT2D eigenvalue weighted by Gasteiger charge is -2.29. The van der Waals surface area contributed by atoms with Gasteiger partial charge in [-0.15, -0.1) is 0 Å². The molecule has 1 amide bonds. The van der Waals surface area contributed by atoms with Crippen molar-refractivity contribution < 1.29 is 9.18 Å². The van der Waals surface area contributed by atoms with Gasteiger partial charge < -0.3 is 10.2 Å². The Hall–Kier alpha value is -1.49. The number of pyridine rings is 1. The normalized spacial score (nSPS) is 18.0. The van der Waals surface area contributed by atoms with E-state index in [-0.39, 0.29) is 11.9 Å². The summed E-state index contributed by atoms with van der Waals surface area (Å²) < 4.78 is 12.9. The van der Waals surface area contributed by atoms with E-state index in [2.05, 4.69) is 22.2 Å². The summed E-state index contributed by atoms with van der Waals surface area (Å²) in [7, 11) is 2.07. The first-order chi connectivity index (χ1) is 8.15. The summed E-state index contributed by atoms with van der Waals surface area (Å²) in [6.07, 6.45) is 3.19. The number of carbonyl (C=O) groups excluding carboxylic acids is 1. The standard InChI is InChI=1S/C12H16FN3O/c1-16-6-3-10(4-7-16)15-12(17)9-2-5-14-11(13)8-9/h2,5,8,10H,3-4,6-7H2,1H3,(H,15,17). The molecule has 0 saturated carbocycles. The van der Waals surface area contributed by atoms with Gasteiger partial charge in [0.25, 0.3) is 5.91 Å². The molecule has 0 bridgehead atoms. The first kappa shape index (κ1) is 12.0. The van der Waals surface area contributed by atoms with Gasteiger partial charge >= 0.3 is 0 Å². The van der Waals surface area contributed by atoms with Crippen LogP contribution in [0.5, 0.6) is 0 Å². The lowest BCUT2D eigenvalue weighted by atomic mass is 10.1. The maximum atomic E-state index is 12.9. The minimum Gasteiger partial charge on any atom is -0.349 e. The minimum atomic E-state index is -0.624. The Labute approximate surface area is 99.8 Å². The zero-order chi connectivity index (χ0) is 12.3. The van der Waals surface area contributed by atoms with Crippen molar-refractivity contribution in [1.29, 1.82) is 0 Å². The molecule has 5 heteroatoms. The molecule has 0 radical (unpaired) electrons. The molecule has 0 unspecified atom stereocenters. The number of halogens is 1. The fraction of sp³-hybridized carbons (Fsp3) is 0.500. The summed E-state index contributed by atoms with van der Waals surface area (Å²) in [5.41, 5.74) is 0.330. The maximum absolute atomic E-state index is 12.9. The lowest BCUT2D eigenvalue weighted by molar-refractivity contribution is 0.0916. The number of piperidine rings is 1. The number of nitrogens with one attached hydrogen (secondary N) is 1. The average molecular weight is 237 g/mol. The number of nitrogens with zero attached hydrogens (tertiary/aromatic N) is 2. The van der Waals surface area contributed by atoms with Crippen molar-refractivity contribution >= 4 is 5.91 Å². The van der Waals surface area contributed by atoms with Crippen molar-refractivity contribution in [2.45, 2.75) is 18.9 Å². The van der Waals surface area contributed by atoms with E-state index in [4.69, 9.17) is 0 Å². The van der Waals surface area contributed by atoms with Crippen LogP contribution in [-0.4, -0.2) is 42.0 Å². The molecule has 0 atom stereocenters. The highest BCUT2D eigenvalue weighted by Crippen LogP contribution is 2.09. The maximum Gasteiger partial charge on any atom is 0.251 e. The van der Waals surface area contributed by atoms with Crippen molar-refractivity contribution in [2.24, 2.45) is 0 Å². The van der Waals surface area contributed by atoms with Crippen LogP contribution >= 0.6 is 0 Å². The van der Waals surface area contributed by atoms with E-state index in [1.165, 1.54) is 12.3 Å². The van der Waals surface area contributed by atoms with Crippen LogP contribution in [0.15, 0.2) is 18.3 Å². The lowest BCUT2D eigenvalue weighted by Crippen LogP contribution is -2.43. The summed E-state index contributed by atoms with van der Waals surface area (Å²) in [6.45, 7) is 1.96. The second-order valence-corrected chi connectivity index (χ2v) is 4.42. The largest absolute Gasteiger partial charge is 0.349 e. The fourth-order valence-electron chi connectivity index (χ4n) is 1.97. The van der Waals surface area contributed by atoms with Crippen LogP contribution in [0, 0.1) is 5.95 Å². The molecule has 1 aliphatic rings. The number of amides is 1. The number of aromatic nitrogens is 1. The molecule has 1 aliphatic heterocycles. The Balaban J connectivity index is 1.93. The smallest absolute Gasteiger partial charge is 0.251 e. The summed E-state index contributed by atoms with van der Waals surface area (Å²) in [4.78, 5) is 17.5. The number of hydrogen-bond acceptors (Lipinski definition) is 3. The second-order valence-electron chi connectivity index (χ2n) is 4.42. The third-order valence-electron chi connectivity index (χ3n) is 3.04. The van der Waals surface area contributed by atoms with E-state index in [1.54, 1.807) is 0 Å². The summed E-state index contributed by atoms with van der Waals surface area (Å²) in [6, 6.07) is 2.87. The topological polar surface area (TPSA) is 45.2 Å². The number of hydrogen-bond donors (Lipinski definition) is 1. The van der Waals surface area contributed by atoms with Gasteiger partial charge in [0.2, 0.25) is 5.95 Å². The number of carbonyl (C=O) groups is 1. The third-order valence-corrected chi connectivity index (χ3v) is 3.04. The van der Waals surface area contributed by atoms with Gasteiger partial charge in [-0.05, 0) is 39.0 Å². The Bertz CT molecular complexity index is 402. The predicted molar refractivity (Wildman–Crippen MR) is 62.2 cm³/mol. The first-order valence-electron chi connectivity index (χ1n) is 5.76. The first-order valence-corrected chi connectivity index (χ1v) is 5.76. The van der Waals surface area contributed by atoms with Crippen LogP contribution in [0.25, 0.3) is 0 Å². The van der Waals surface area contributed by atoms with Crippen LogP contribution in [-0.2, 0) is 0 Å². The second kappa shape index (κ2) is 5.23. The van der Waals surface area contributed by atoms with Crippen molar-refractivity contribution in [1.82, 2.24) is 15.2 Å². The van der Waals surface area contributed by atoms with Gasteiger partial charge in [-0.2, -0.15) is 4.39 Å². The predicted octanol–water partition coefficient (Wildman–Crippen LogP) is 1.04. The van der Waals surface area contributed by atoms with Crippen LogP contribution in [0.4, 0.5) is 4.39 Å². The molecule has 1 saturated heterocycles. The van der Waals surface area contributed by atoms with E-state index < -0.39 is 5.95 Å². The van der Waals surface area contributed by atoms with Crippen molar-refractivity contribution in [3.8, 4) is 0 Å². The van der Waals surface area contributed by atoms with Crippen LogP contribution in [0.2, 0.25) is 0 Å². The molecule has 2 heterocycles. The van der Waals surface area contributed by atoms with Gasteiger partial charge in [0, 0.05) is 23.9 Å². The van der Waals surface area contributed by atoms with Crippen molar-refractivity contribution in [2.75, 3.05) is 20.1 Å². The van der Waals surface area contributed by atoms with E-state index in [0.717, 1.165) is 32.0 Å². The molecule has 0 aromatic carbocycles. The van der Waals surface area contributed by atoms with E-state index in [0.29, 0.717) is 5.56 Å². The van der Waals surface area contributed by atoms with Crippen molar-refractivity contribution in [3.63, 3.8) is 0 Å². The summed E-state index contributed by atoms with van der Waals surface area (Å²) in [5.74, 6) is -0.845.